The normalized spacial score (nSPS) is 17.2. The van der Waals surface area contributed by atoms with Gasteiger partial charge in [0.1, 0.15) is 4.90 Å². The van der Waals surface area contributed by atoms with Crippen LogP contribution in [0.1, 0.15) is 31.4 Å². The van der Waals surface area contributed by atoms with Crippen LogP contribution in [0.2, 0.25) is 5.02 Å². The van der Waals surface area contributed by atoms with Crippen molar-refractivity contribution in [1.82, 2.24) is 14.2 Å². The van der Waals surface area contributed by atoms with Crippen LogP contribution in [0.3, 0.4) is 0 Å². The van der Waals surface area contributed by atoms with Crippen molar-refractivity contribution in [1.29, 1.82) is 0 Å². The fourth-order valence-corrected chi connectivity index (χ4v) is 5.00. The summed E-state index contributed by atoms with van der Waals surface area (Å²) in [6, 6.07) is 10.5. The van der Waals surface area contributed by atoms with E-state index in [1.54, 1.807) is 30.3 Å². The number of amides is 1. The van der Waals surface area contributed by atoms with Crippen LogP contribution >= 0.6 is 11.6 Å². The van der Waals surface area contributed by atoms with Crippen LogP contribution in [0.25, 0.3) is 0 Å². The molecule has 0 radical (unpaired) electrons. The maximum Gasteiger partial charge on any atom is 0.244 e. The van der Waals surface area contributed by atoms with Crippen molar-refractivity contribution in [2.45, 2.75) is 30.7 Å². The third-order valence-corrected chi connectivity index (χ3v) is 7.49. The number of pyridine rings is 1. The van der Waals surface area contributed by atoms with Gasteiger partial charge in [0.2, 0.25) is 15.9 Å². The molecule has 1 unspecified atom stereocenters. The number of halogens is 1. The Morgan fingerprint density at radius 3 is 2.43 bits per heavy atom. The van der Waals surface area contributed by atoms with Gasteiger partial charge in [0, 0.05) is 43.5 Å². The highest BCUT2D eigenvalue weighted by molar-refractivity contribution is 7.89. The Balaban J connectivity index is 1.62. The molecule has 1 aromatic carbocycles. The van der Waals surface area contributed by atoms with E-state index in [-0.39, 0.29) is 22.8 Å². The zero-order valence-electron chi connectivity index (χ0n) is 16.0. The highest BCUT2D eigenvalue weighted by Gasteiger charge is 2.34. The van der Waals surface area contributed by atoms with E-state index in [4.69, 9.17) is 11.6 Å². The predicted octanol–water partition coefficient (Wildman–Crippen LogP) is 3.36. The van der Waals surface area contributed by atoms with Gasteiger partial charge in [-0.05, 0) is 49.6 Å². The third-order valence-electron chi connectivity index (χ3n) is 5.36. The van der Waals surface area contributed by atoms with E-state index < -0.39 is 10.0 Å². The smallest absolute Gasteiger partial charge is 0.244 e. The van der Waals surface area contributed by atoms with Crippen LogP contribution in [0.5, 0.6) is 0 Å². The van der Waals surface area contributed by atoms with Crippen molar-refractivity contribution in [3.63, 3.8) is 0 Å². The van der Waals surface area contributed by atoms with E-state index in [0.29, 0.717) is 31.0 Å². The van der Waals surface area contributed by atoms with E-state index in [1.807, 2.05) is 31.2 Å². The Labute approximate surface area is 171 Å². The molecule has 0 bridgehead atoms. The van der Waals surface area contributed by atoms with E-state index in [0.717, 1.165) is 5.56 Å². The molecule has 1 aromatic heterocycles. The quantitative estimate of drug-likeness (QED) is 0.742. The van der Waals surface area contributed by atoms with Gasteiger partial charge in [-0.1, -0.05) is 23.7 Å². The van der Waals surface area contributed by atoms with E-state index >= 15 is 0 Å². The summed E-state index contributed by atoms with van der Waals surface area (Å²) in [5.41, 5.74) is 1.01. The number of carbonyl (C=O) groups is 1. The molecule has 1 amide bonds. The molecule has 0 saturated carbocycles. The molecule has 0 N–H and O–H groups in total. The third kappa shape index (κ3) is 4.37. The summed E-state index contributed by atoms with van der Waals surface area (Å²) in [5, 5.41) is 0.659. The predicted molar refractivity (Wildman–Crippen MR) is 108 cm³/mol. The lowest BCUT2D eigenvalue weighted by Gasteiger charge is -2.34. The van der Waals surface area contributed by atoms with E-state index in [9.17, 15) is 13.2 Å². The minimum Gasteiger partial charge on any atom is -0.339 e. The summed E-state index contributed by atoms with van der Waals surface area (Å²) in [6.45, 7) is 2.64. The number of benzene rings is 1. The maximum atomic E-state index is 12.9. The van der Waals surface area contributed by atoms with Gasteiger partial charge in [0.05, 0.1) is 6.04 Å². The molecule has 28 heavy (non-hydrogen) atoms. The number of carbonyl (C=O) groups excluding carboxylic acids is 1. The van der Waals surface area contributed by atoms with Gasteiger partial charge in [-0.15, -0.1) is 0 Å². The molecule has 2 aromatic rings. The highest BCUT2D eigenvalue weighted by Crippen LogP contribution is 2.28. The van der Waals surface area contributed by atoms with Crippen molar-refractivity contribution in [3.8, 4) is 0 Å². The summed E-state index contributed by atoms with van der Waals surface area (Å²) in [6.07, 6.45) is 3.92. The van der Waals surface area contributed by atoms with Crippen molar-refractivity contribution >= 4 is 27.5 Å². The minimum atomic E-state index is -3.56. The molecular formula is C20H24ClN3O3S. The number of nitrogens with zero attached hydrogens (tertiary/aromatic N) is 3. The molecule has 1 fully saturated rings. The molecule has 1 saturated heterocycles. The van der Waals surface area contributed by atoms with Crippen molar-refractivity contribution in [3.05, 3.63) is 59.4 Å². The molecule has 0 spiro atoms. The number of hydrogen-bond donors (Lipinski definition) is 0. The number of piperidine rings is 1. The average molecular weight is 422 g/mol. The van der Waals surface area contributed by atoms with Crippen LogP contribution in [-0.2, 0) is 14.8 Å². The largest absolute Gasteiger partial charge is 0.339 e. The van der Waals surface area contributed by atoms with Crippen LogP contribution in [-0.4, -0.2) is 48.7 Å². The summed E-state index contributed by atoms with van der Waals surface area (Å²) in [7, 11) is -1.77. The Bertz CT molecular complexity index is 911. The molecule has 3 rings (SSSR count). The second-order valence-corrected chi connectivity index (χ2v) is 9.42. The van der Waals surface area contributed by atoms with Crippen LogP contribution in [0.15, 0.2) is 53.7 Å². The molecule has 150 valence electrons. The first-order valence-electron chi connectivity index (χ1n) is 9.23. The Hall–Kier alpha value is -1.96. The minimum absolute atomic E-state index is 0.0425. The number of hydrogen-bond acceptors (Lipinski definition) is 4. The maximum absolute atomic E-state index is 12.9. The van der Waals surface area contributed by atoms with E-state index in [1.165, 1.54) is 10.5 Å². The SMILES string of the molecule is CC(c1ccc(Cl)cc1)N(C)C(=O)C1CCN(S(=O)(=O)c2cccnc2)CC1. The molecule has 1 atom stereocenters. The van der Waals surface area contributed by atoms with Gasteiger partial charge in [0.25, 0.3) is 0 Å². The Morgan fingerprint density at radius 2 is 1.86 bits per heavy atom. The first-order valence-corrected chi connectivity index (χ1v) is 11.0. The molecule has 0 aliphatic carbocycles. The zero-order valence-corrected chi connectivity index (χ0v) is 17.5. The lowest BCUT2D eigenvalue weighted by atomic mass is 9.95. The first-order chi connectivity index (χ1) is 13.3. The average Bonchev–Trinajstić information content (AvgIpc) is 2.73. The van der Waals surface area contributed by atoms with Gasteiger partial charge in [-0.3, -0.25) is 9.78 Å². The van der Waals surface area contributed by atoms with Crippen LogP contribution in [0, 0.1) is 5.92 Å². The lowest BCUT2D eigenvalue weighted by molar-refractivity contribution is -0.137. The van der Waals surface area contributed by atoms with Gasteiger partial charge >= 0.3 is 0 Å². The second-order valence-electron chi connectivity index (χ2n) is 7.04. The summed E-state index contributed by atoms with van der Waals surface area (Å²) in [5.74, 6) is -0.138. The van der Waals surface area contributed by atoms with Gasteiger partial charge in [-0.2, -0.15) is 4.31 Å². The van der Waals surface area contributed by atoms with Gasteiger partial charge in [-0.25, -0.2) is 8.42 Å². The van der Waals surface area contributed by atoms with Crippen LogP contribution < -0.4 is 0 Å². The molecular weight excluding hydrogens is 398 g/mol. The lowest BCUT2D eigenvalue weighted by Crippen LogP contribution is -2.44. The first kappa shape index (κ1) is 20.8. The monoisotopic (exact) mass is 421 g/mol. The van der Waals surface area contributed by atoms with Gasteiger partial charge in [0.15, 0.2) is 0 Å². The Morgan fingerprint density at radius 1 is 1.21 bits per heavy atom. The van der Waals surface area contributed by atoms with Crippen LogP contribution in [0.4, 0.5) is 0 Å². The zero-order chi connectivity index (χ0) is 20.3. The molecule has 6 nitrogen and oxygen atoms in total. The molecule has 1 aliphatic rings. The van der Waals surface area contributed by atoms with E-state index in [2.05, 4.69) is 4.98 Å². The van der Waals surface area contributed by atoms with Crippen molar-refractivity contribution in [2.24, 2.45) is 5.92 Å². The fourth-order valence-electron chi connectivity index (χ4n) is 3.44. The van der Waals surface area contributed by atoms with Gasteiger partial charge < -0.3 is 4.90 Å². The Kier molecular flexibility index (Phi) is 6.37. The fraction of sp³-hybridized carbons (Fsp3) is 0.400. The molecule has 2 heterocycles. The summed E-state index contributed by atoms with van der Waals surface area (Å²) in [4.78, 5) is 18.7. The summed E-state index contributed by atoms with van der Waals surface area (Å²) >= 11 is 5.94. The van der Waals surface area contributed by atoms with Crippen molar-refractivity contribution < 1.29 is 13.2 Å². The number of rotatable bonds is 5. The van der Waals surface area contributed by atoms with Crippen molar-refractivity contribution in [2.75, 3.05) is 20.1 Å². The standard InChI is InChI=1S/C20H24ClN3O3S/c1-15(16-5-7-18(21)8-6-16)23(2)20(25)17-9-12-24(13-10-17)28(26,27)19-4-3-11-22-14-19/h3-8,11,14-15,17H,9-10,12-13H2,1-2H3. The second kappa shape index (κ2) is 8.59. The molecule has 1 aliphatic heterocycles. The number of aromatic nitrogens is 1. The topological polar surface area (TPSA) is 70.6 Å². The molecule has 8 heteroatoms. The number of sulfonamides is 1. The summed E-state index contributed by atoms with van der Waals surface area (Å²) < 4.78 is 26.8. The highest BCUT2D eigenvalue weighted by atomic mass is 35.5.